The minimum atomic E-state index is -0.411. The van der Waals surface area contributed by atoms with Gasteiger partial charge in [-0.1, -0.05) is 6.42 Å². The molecular weight excluding hydrogens is 290 g/mol. The third kappa shape index (κ3) is 6.68. The van der Waals surface area contributed by atoms with Gasteiger partial charge in [0.05, 0.1) is 0 Å². The molecule has 0 radical (unpaired) electrons. The number of ether oxygens (including phenoxy) is 1. The Bertz CT molecular complexity index is 381. The van der Waals surface area contributed by atoms with Gasteiger partial charge in [0.15, 0.2) is 0 Å². The first-order valence-corrected chi connectivity index (χ1v) is 9.30. The monoisotopic (exact) mass is 325 g/mol. The molecule has 3 unspecified atom stereocenters. The second-order valence-electron chi connectivity index (χ2n) is 8.30. The van der Waals surface area contributed by atoms with Gasteiger partial charge in [0, 0.05) is 25.2 Å². The van der Waals surface area contributed by atoms with Crippen LogP contribution in [0.15, 0.2) is 0 Å². The molecule has 1 amide bonds. The van der Waals surface area contributed by atoms with Gasteiger partial charge in [-0.3, -0.25) is 0 Å². The molecule has 3 atom stereocenters. The lowest BCUT2D eigenvalue weighted by Crippen LogP contribution is -2.44. The van der Waals surface area contributed by atoms with Crippen molar-refractivity contribution in [3.8, 4) is 0 Å². The maximum absolute atomic E-state index is 12.2. The second kappa shape index (κ2) is 8.34. The van der Waals surface area contributed by atoms with Gasteiger partial charge in [-0.05, 0) is 71.8 Å². The summed E-state index contributed by atoms with van der Waals surface area (Å²) in [6.07, 6.45) is 8.04. The summed E-state index contributed by atoms with van der Waals surface area (Å²) in [5.74, 6) is 0.584. The van der Waals surface area contributed by atoms with Crippen LogP contribution in [0.5, 0.6) is 0 Å². The summed E-state index contributed by atoms with van der Waals surface area (Å²) in [6.45, 7) is 8.46. The van der Waals surface area contributed by atoms with Crippen LogP contribution in [0.3, 0.4) is 0 Å². The van der Waals surface area contributed by atoms with Crippen molar-refractivity contribution in [3.05, 3.63) is 0 Å². The Morgan fingerprint density at radius 2 is 2.04 bits per heavy atom. The highest BCUT2D eigenvalue weighted by Gasteiger charge is 2.27. The van der Waals surface area contributed by atoms with Crippen molar-refractivity contribution in [2.24, 2.45) is 11.7 Å². The Morgan fingerprint density at radius 3 is 2.74 bits per heavy atom. The lowest BCUT2D eigenvalue weighted by Gasteiger charge is -2.34. The minimum absolute atomic E-state index is 0.159. The molecular formula is C18H35N3O2. The molecule has 5 heteroatoms. The summed E-state index contributed by atoms with van der Waals surface area (Å²) in [6, 6.07) is 0.961. The van der Waals surface area contributed by atoms with Gasteiger partial charge in [-0.25, -0.2) is 4.79 Å². The molecule has 0 bridgehead atoms. The number of likely N-dealkylation sites (tertiary alicyclic amines) is 1. The van der Waals surface area contributed by atoms with Crippen molar-refractivity contribution in [1.29, 1.82) is 0 Å². The van der Waals surface area contributed by atoms with Crippen LogP contribution in [-0.4, -0.2) is 48.3 Å². The number of amides is 1. The van der Waals surface area contributed by atoms with Crippen LogP contribution in [0.1, 0.15) is 65.7 Å². The summed E-state index contributed by atoms with van der Waals surface area (Å²) in [7, 11) is 0. The Balaban J connectivity index is 1.68. The van der Waals surface area contributed by atoms with E-state index in [1.165, 1.54) is 25.7 Å². The quantitative estimate of drug-likeness (QED) is 0.834. The molecule has 0 aromatic rings. The van der Waals surface area contributed by atoms with E-state index in [-0.39, 0.29) is 6.09 Å². The van der Waals surface area contributed by atoms with E-state index in [9.17, 15) is 4.79 Å². The Morgan fingerprint density at radius 1 is 1.26 bits per heavy atom. The predicted octanol–water partition coefficient (Wildman–Crippen LogP) is 2.88. The highest BCUT2D eigenvalue weighted by atomic mass is 16.6. The summed E-state index contributed by atoms with van der Waals surface area (Å²) in [5.41, 5.74) is 5.63. The number of rotatable bonds is 4. The molecule has 23 heavy (non-hydrogen) atoms. The number of nitrogens with two attached hydrogens (primary N) is 1. The minimum Gasteiger partial charge on any atom is -0.444 e. The third-order valence-corrected chi connectivity index (χ3v) is 4.87. The molecule has 0 spiro atoms. The van der Waals surface area contributed by atoms with Gasteiger partial charge < -0.3 is 20.7 Å². The zero-order valence-corrected chi connectivity index (χ0v) is 15.1. The van der Waals surface area contributed by atoms with Crippen molar-refractivity contribution in [3.63, 3.8) is 0 Å². The summed E-state index contributed by atoms with van der Waals surface area (Å²) in [4.78, 5) is 14.1. The molecule has 5 nitrogen and oxygen atoms in total. The molecule has 1 saturated heterocycles. The SMILES string of the molecule is CC(C)(C)OC(=O)N1CCCC(CCNC2CCCC(N)C2)C1. The van der Waals surface area contributed by atoms with Gasteiger partial charge in [0.2, 0.25) is 0 Å². The number of nitrogens with zero attached hydrogens (tertiary/aromatic N) is 1. The van der Waals surface area contributed by atoms with E-state index in [2.05, 4.69) is 5.32 Å². The normalized spacial score (nSPS) is 29.4. The van der Waals surface area contributed by atoms with E-state index < -0.39 is 5.60 Å². The van der Waals surface area contributed by atoms with Gasteiger partial charge in [0.25, 0.3) is 0 Å². The number of hydrogen-bond acceptors (Lipinski definition) is 4. The van der Waals surface area contributed by atoms with Crippen LogP contribution in [0.2, 0.25) is 0 Å². The van der Waals surface area contributed by atoms with Crippen molar-refractivity contribution in [2.75, 3.05) is 19.6 Å². The van der Waals surface area contributed by atoms with Crippen molar-refractivity contribution >= 4 is 6.09 Å². The number of carbonyl (C=O) groups excluding carboxylic acids is 1. The van der Waals surface area contributed by atoms with E-state index in [1.54, 1.807) is 0 Å². The maximum atomic E-state index is 12.2. The fourth-order valence-electron chi connectivity index (χ4n) is 3.70. The van der Waals surface area contributed by atoms with Crippen LogP contribution >= 0.6 is 0 Å². The molecule has 1 aliphatic carbocycles. The molecule has 1 aliphatic heterocycles. The van der Waals surface area contributed by atoms with Crippen LogP contribution < -0.4 is 11.1 Å². The highest BCUT2D eigenvalue weighted by Crippen LogP contribution is 2.22. The predicted molar refractivity (Wildman–Crippen MR) is 93.4 cm³/mol. The molecule has 134 valence electrons. The topological polar surface area (TPSA) is 67.6 Å². The summed E-state index contributed by atoms with van der Waals surface area (Å²) < 4.78 is 5.49. The average Bonchev–Trinajstić information content (AvgIpc) is 2.46. The van der Waals surface area contributed by atoms with E-state index in [1.807, 2.05) is 25.7 Å². The lowest BCUT2D eigenvalue weighted by atomic mass is 9.91. The van der Waals surface area contributed by atoms with Crippen LogP contribution in [0, 0.1) is 5.92 Å². The molecule has 2 fully saturated rings. The van der Waals surface area contributed by atoms with Crippen LogP contribution in [-0.2, 0) is 4.74 Å². The lowest BCUT2D eigenvalue weighted by molar-refractivity contribution is 0.0161. The first-order chi connectivity index (χ1) is 10.8. The molecule has 1 saturated carbocycles. The van der Waals surface area contributed by atoms with E-state index in [0.717, 1.165) is 38.9 Å². The Hall–Kier alpha value is -0.810. The fourth-order valence-corrected chi connectivity index (χ4v) is 3.70. The molecule has 1 heterocycles. The molecule has 2 rings (SSSR count). The third-order valence-electron chi connectivity index (χ3n) is 4.87. The summed E-state index contributed by atoms with van der Waals surface area (Å²) in [5, 5.41) is 3.67. The van der Waals surface area contributed by atoms with E-state index in [4.69, 9.17) is 10.5 Å². The average molecular weight is 325 g/mol. The number of carbonyl (C=O) groups is 1. The first-order valence-electron chi connectivity index (χ1n) is 9.30. The smallest absolute Gasteiger partial charge is 0.410 e. The Labute approximate surface area is 141 Å². The zero-order valence-electron chi connectivity index (χ0n) is 15.1. The highest BCUT2D eigenvalue weighted by molar-refractivity contribution is 5.68. The first kappa shape index (κ1) is 18.5. The van der Waals surface area contributed by atoms with Gasteiger partial charge >= 0.3 is 6.09 Å². The van der Waals surface area contributed by atoms with Crippen molar-refractivity contribution in [2.45, 2.75) is 83.4 Å². The molecule has 0 aromatic heterocycles. The standard InChI is InChI=1S/C18H35N3O2/c1-18(2,3)23-17(22)21-11-5-6-14(13-21)9-10-20-16-8-4-7-15(19)12-16/h14-16,20H,4-13,19H2,1-3H3. The number of hydrogen-bond donors (Lipinski definition) is 2. The van der Waals surface area contributed by atoms with Crippen molar-refractivity contribution < 1.29 is 9.53 Å². The Kier molecular flexibility index (Phi) is 6.72. The van der Waals surface area contributed by atoms with E-state index >= 15 is 0 Å². The van der Waals surface area contributed by atoms with Gasteiger partial charge in [-0.2, -0.15) is 0 Å². The molecule has 3 N–H and O–H groups in total. The number of piperidine rings is 1. The van der Waals surface area contributed by atoms with Crippen LogP contribution in [0.25, 0.3) is 0 Å². The second-order valence-corrected chi connectivity index (χ2v) is 8.30. The van der Waals surface area contributed by atoms with Crippen molar-refractivity contribution in [1.82, 2.24) is 10.2 Å². The summed E-state index contributed by atoms with van der Waals surface area (Å²) >= 11 is 0. The van der Waals surface area contributed by atoms with E-state index in [0.29, 0.717) is 18.0 Å². The molecule has 0 aromatic carbocycles. The van der Waals surface area contributed by atoms with Gasteiger partial charge in [0.1, 0.15) is 5.60 Å². The largest absolute Gasteiger partial charge is 0.444 e. The van der Waals surface area contributed by atoms with Crippen LogP contribution in [0.4, 0.5) is 4.79 Å². The fraction of sp³-hybridized carbons (Fsp3) is 0.944. The molecule has 2 aliphatic rings. The zero-order chi connectivity index (χ0) is 16.9. The maximum Gasteiger partial charge on any atom is 0.410 e. The van der Waals surface area contributed by atoms with Gasteiger partial charge in [-0.15, -0.1) is 0 Å². The number of nitrogens with one attached hydrogen (secondary N) is 1.